The summed E-state index contributed by atoms with van der Waals surface area (Å²) in [7, 11) is 0. The van der Waals surface area contributed by atoms with Gasteiger partial charge < -0.3 is 9.73 Å². The van der Waals surface area contributed by atoms with Gasteiger partial charge in [0.1, 0.15) is 5.58 Å². The Morgan fingerprint density at radius 1 is 1.09 bits per heavy atom. The zero-order valence-electron chi connectivity index (χ0n) is 17.5. The van der Waals surface area contributed by atoms with Gasteiger partial charge in [-0.05, 0) is 54.9 Å². The molecule has 2 heterocycles. The third kappa shape index (κ3) is 4.65. The van der Waals surface area contributed by atoms with Gasteiger partial charge in [-0.3, -0.25) is 19.3 Å². The summed E-state index contributed by atoms with van der Waals surface area (Å²) in [6.45, 7) is 3.73. The smallest absolute Gasteiger partial charge is 0.336 e. The molecule has 32 heavy (non-hydrogen) atoms. The van der Waals surface area contributed by atoms with Crippen molar-refractivity contribution in [3.63, 3.8) is 0 Å². The monoisotopic (exact) mass is 448 g/mol. The van der Waals surface area contributed by atoms with Crippen LogP contribution in [0.2, 0.25) is 0 Å². The number of carbonyl (C=O) groups excluding carboxylic acids is 3. The first-order chi connectivity index (χ1) is 15.3. The molecule has 1 aliphatic heterocycles. The molecular formula is C24H20N2O5S. The van der Waals surface area contributed by atoms with Crippen LogP contribution >= 0.6 is 11.8 Å². The van der Waals surface area contributed by atoms with E-state index in [0.717, 1.165) is 38.7 Å². The Balaban J connectivity index is 1.40. The third-order valence-electron chi connectivity index (χ3n) is 5.01. The van der Waals surface area contributed by atoms with Crippen molar-refractivity contribution >= 4 is 51.5 Å². The van der Waals surface area contributed by atoms with Crippen molar-refractivity contribution in [3.8, 4) is 0 Å². The second-order valence-electron chi connectivity index (χ2n) is 7.51. The molecule has 1 fully saturated rings. The lowest BCUT2D eigenvalue weighted by Gasteiger charge is -2.12. The number of nitrogens with zero attached hydrogens (tertiary/aromatic N) is 1. The van der Waals surface area contributed by atoms with E-state index in [1.165, 1.54) is 6.07 Å². The van der Waals surface area contributed by atoms with Crippen molar-refractivity contribution < 1.29 is 18.8 Å². The van der Waals surface area contributed by atoms with Gasteiger partial charge in [-0.25, -0.2) is 4.79 Å². The van der Waals surface area contributed by atoms with E-state index < -0.39 is 16.8 Å². The molecular weight excluding hydrogens is 428 g/mol. The van der Waals surface area contributed by atoms with Crippen LogP contribution in [0.4, 0.5) is 10.5 Å². The number of fused-ring (bicyclic) bond motifs is 1. The molecule has 0 aliphatic carbocycles. The highest BCUT2D eigenvalue weighted by Gasteiger charge is 2.35. The molecule has 1 aromatic heterocycles. The zero-order valence-corrected chi connectivity index (χ0v) is 18.3. The fourth-order valence-electron chi connectivity index (χ4n) is 3.44. The standard InChI is InChI=1S/C24H20N2O5S/c1-14-4-3-5-16(10-14)12-20-23(29)26(24(30)32-20)9-8-21(27)25-17-6-7-18-15(2)11-22(28)31-19(18)13-17/h3-7,10-13H,8-9H2,1-2H3,(H,25,27). The predicted octanol–water partition coefficient (Wildman–Crippen LogP) is 4.47. The van der Waals surface area contributed by atoms with E-state index >= 15 is 0 Å². The molecule has 3 amide bonds. The Morgan fingerprint density at radius 3 is 2.69 bits per heavy atom. The summed E-state index contributed by atoms with van der Waals surface area (Å²) in [4.78, 5) is 50.3. The van der Waals surface area contributed by atoms with Crippen molar-refractivity contribution in [1.82, 2.24) is 4.90 Å². The van der Waals surface area contributed by atoms with Gasteiger partial charge >= 0.3 is 5.63 Å². The highest BCUT2D eigenvalue weighted by Crippen LogP contribution is 2.32. The molecule has 0 bridgehead atoms. The van der Waals surface area contributed by atoms with Gasteiger partial charge in [-0.1, -0.05) is 29.8 Å². The largest absolute Gasteiger partial charge is 0.423 e. The number of carbonyl (C=O) groups is 3. The Morgan fingerprint density at radius 2 is 1.91 bits per heavy atom. The lowest BCUT2D eigenvalue weighted by atomic mass is 10.1. The van der Waals surface area contributed by atoms with Crippen molar-refractivity contribution in [2.24, 2.45) is 0 Å². The van der Waals surface area contributed by atoms with Crippen LogP contribution in [0.25, 0.3) is 17.0 Å². The number of hydrogen-bond acceptors (Lipinski definition) is 6. The number of benzene rings is 2. The minimum atomic E-state index is -0.462. The predicted molar refractivity (Wildman–Crippen MR) is 124 cm³/mol. The maximum absolute atomic E-state index is 12.6. The summed E-state index contributed by atoms with van der Waals surface area (Å²) in [6.07, 6.45) is 1.63. The summed E-state index contributed by atoms with van der Waals surface area (Å²) in [6, 6.07) is 14.1. The van der Waals surface area contributed by atoms with Crippen LogP contribution in [0.5, 0.6) is 0 Å². The van der Waals surface area contributed by atoms with Gasteiger partial charge in [0.05, 0.1) is 4.91 Å². The molecule has 162 valence electrons. The Labute approximate surface area is 188 Å². The molecule has 8 heteroatoms. The molecule has 7 nitrogen and oxygen atoms in total. The van der Waals surface area contributed by atoms with Crippen molar-refractivity contribution in [1.29, 1.82) is 0 Å². The first-order valence-corrected chi connectivity index (χ1v) is 10.8. The van der Waals surface area contributed by atoms with E-state index in [4.69, 9.17) is 4.42 Å². The second-order valence-corrected chi connectivity index (χ2v) is 8.50. The summed E-state index contributed by atoms with van der Waals surface area (Å²) in [5.74, 6) is -0.765. The maximum Gasteiger partial charge on any atom is 0.336 e. The highest BCUT2D eigenvalue weighted by molar-refractivity contribution is 8.18. The number of amides is 3. The molecule has 2 aromatic carbocycles. The molecule has 3 aromatic rings. The number of rotatable bonds is 5. The quantitative estimate of drug-likeness (QED) is 0.457. The van der Waals surface area contributed by atoms with Crippen LogP contribution in [0.1, 0.15) is 23.1 Å². The average Bonchev–Trinajstić information content (AvgIpc) is 2.98. The molecule has 0 atom stereocenters. The Kier molecular flexibility index (Phi) is 5.96. The van der Waals surface area contributed by atoms with Gasteiger partial charge in [0.2, 0.25) is 5.91 Å². The van der Waals surface area contributed by atoms with Crippen LogP contribution in [0.3, 0.4) is 0 Å². The maximum atomic E-state index is 12.6. The minimum Gasteiger partial charge on any atom is -0.423 e. The molecule has 0 unspecified atom stereocenters. The van der Waals surface area contributed by atoms with Gasteiger partial charge in [-0.2, -0.15) is 0 Å². The SMILES string of the molecule is Cc1cccc(C=C2SC(=O)N(CCC(=O)Nc3ccc4c(C)cc(=O)oc4c3)C2=O)c1. The number of nitrogens with one attached hydrogen (secondary N) is 1. The van der Waals surface area contributed by atoms with Crippen LogP contribution in [0, 0.1) is 13.8 Å². The van der Waals surface area contributed by atoms with E-state index in [0.29, 0.717) is 16.2 Å². The average molecular weight is 449 g/mol. The van der Waals surface area contributed by atoms with Crippen LogP contribution in [0.15, 0.2) is 62.6 Å². The van der Waals surface area contributed by atoms with Gasteiger partial charge in [0.15, 0.2) is 0 Å². The number of hydrogen-bond donors (Lipinski definition) is 1. The van der Waals surface area contributed by atoms with E-state index in [-0.39, 0.29) is 18.9 Å². The first kappa shape index (κ1) is 21.6. The third-order valence-corrected chi connectivity index (χ3v) is 5.92. The molecule has 4 rings (SSSR count). The van der Waals surface area contributed by atoms with Crippen LogP contribution < -0.4 is 10.9 Å². The van der Waals surface area contributed by atoms with Crippen LogP contribution in [-0.4, -0.2) is 28.5 Å². The fourth-order valence-corrected chi connectivity index (χ4v) is 4.31. The van der Waals surface area contributed by atoms with E-state index in [2.05, 4.69) is 5.32 Å². The summed E-state index contributed by atoms with van der Waals surface area (Å²) in [5, 5.41) is 3.09. The number of thioether (sulfide) groups is 1. The summed E-state index contributed by atoms with van der Waals surface area (Å²) < 4.78 is 5.19. The number of anilines is 1. The molecule has 1 aliphatic rings. The molecule has 0 radical (unpaired) electrons. The fraction of sp³-hybridized carbons (Fsp3) is 0.167. The lowest BCUT2D eigenvalue weighted by molar-refractivity contribution is -0.123. The molecule has 0 spiro atoms. The van der Waals surface area contributed by atoms with Gasteiger partial charge in [-0.15, -0.1) is 0 Å². The highest BCUT2D eigenvalue weighted by atomic mass is 32.2. The second kappa shape index (κ2) is 8.84. The van der Waals surface area contributed by atoms with Gasteiger partial charge in [0.25, 0.3) is 11.1 Å². The zero-order chi connectivity index (χ0) is 22.8. The topological polar surface area (TPSA) is 96.7 Å². The van der Waals surface area contributed by atoms with Crippen molar-refractivity contribution in [2.45, 2.75) is 20.3 Å². The number of imide groups is 1. The minimum absolute atomic E-state index is 0.0244. The van der Waals surface area contributed by atoms with Crippen molar-refractivity contribution in [3.05, 3.63) is 80.5 Å². The summed E-state index contributed by atoms with van der Waals surface area (Å²) in [5.41, 5.74) is 3.05. The number of aryl methyl sites for hydroxylation is 2. The van der Waals surface area contributed by atoms with Gasteiger partial charge in [0, 0.05) is 36.2 Å². The summed E-state index contributed by atoms with van der Waals surface area (Å²) >= 11 is 0.867. The normalized spacial score (nSPS) is 15.1. The molecule has 1 N–H and O–H groups in total. The molecule has 1 saturated heterocycles. The molecule has 0 saturated carbocycles. The van der Waals surface area contributed by atoms with E-state index in [1.807, 2.05) is 31.2 Å². The van der Waals surface area contributed by atoms with Crippen LogP contribution in [-0.2, 0) is 9.59 Å². The Hall–Kier alpha value is -3.65. The van der Waals surface area contributed by atoms with E-state index in [9.17, 15) is 19.2 Å². The van der Waals surface area contributed by atoms with E-state index in [1.54, 1.807) is 31.2 Å². The van der Waals surface area contributed by atoms with Crippen molar-refractivity contribution in [2.75, 3.05) is 11.9 Å². The first-order valence-electron chi connectivity index (χ1n) is 9.96. The lowest BCUT2D eigenvalue weighted by Crippen LogP contribution is -2.31. The Bertz CT molecular complexity index is 1340.